The number of piperidine rings is 2. The Kier molecular flexibility index (Phi) is 6.44. The number of rotatable bonds is 6. The number of aromatic amines is 1. The molecule has 2 saturated heterocycles. The molecule has 188 valence electrons. The Bertz CT molecular complexity index is 1100. The molecule has 2 fully saturated rings. The molecule has 0 radical (unpaired) electrons. The van der Waals surface area contributed by atoms with Gasteiger partial charge in [-0.1, -0.05) is 12.5 Å². The first kappa shape index (κ1) is 22.9. The Hall–Kier alpha value is -2.54. The zero-order valence-electron chi connectivity index (χ0n) is 20.9. The smallest absolute Gasteiger partial charge is 0.255 e. The number of hydrogen-bond donors (Lipinski definition) is 2. The molecule has 6 rings (SSSR count). The Morgan fingerprint density at radius 2 is 1.83 bits per heavy atom. The van der Waals surface area contributed by atoms with Crippen molar-refractivity contribution in [2.75, 3.05) is 56.1 Å². The Labute approximate surface area is 208 Å². The van der Waals surface area contributed by atoms with E-state index >= 15 is 0 Å². The van der Waals surface area contributed by atoms with E-state index < -0.39 is 0 Å². The van der Waals surface area contributed by atoms with Gasteiger partial charge in [0.05, 0.1) is 12.3 Å². The van der Waals surface area contributed by atoms with Gasteiger partial charge in [-0.15, -0.1) is 0 Å². The fourth-order valence-electron chi connectivity index (χ4n) is 6.58. The highest BCUT2D eigenvalue weighted by Gasteiger charge is 2.42. The zero-order valence-corrected chi connectivity index (χ0v) is 20.9. The lowest BCUT2D eigenvalue weighted by Crippen LogP contribution is -2.45. The molecule has 35 heavy (non-hydrogen) atoms. The number of likely N-dealkylation sites (tertiary alicyclic amines) is 1. The maximum atomic E-state index is 12.6. The van der Waals surface area contributed by atoms with Gasteiger partial charge in [-0.05, 0) is 82.5 Å². The highest BCUT2D eigenvalue weighted by atomic mass is 16.5. The molecule has 7 heteroatoms. The molecule has 4 aliphatic rings. The maximum absolute atomic E-state index is 12.6. The molecule has 2 N–H and O–H groups in total. The van der Waals surface area contributed by atoms with Crippen LogP contribution in [0.3, 0.4) is 0 Å². The van der Waals surface area contributed by atoms with Crippen LogP contribution >= 0.6 is 0 Å². The maximum Gasteiger partial charge on any atom is 0.255 e. The van der Waals surface area contributed by atoms with Crippen LogP contribution in [0.5, 0.6) is 5.75 Å². The van der Waals surface area contributed by atoms with Gasteiger partial charge in [0.15, 0.2) is 0 Å². The molecule has 1 spiro atoms. The third-order valence-corrected chi connectivity index (χ3v) is 8.71. The van der Waals surface area contributed by atoms with E-state index in [1.807, 2.05) is 0 Å². The van der Waals surface area contributed by atoms with Crippen molar-refractivity contribution >= 4 is 11.6 Å². The summed E-state index contributed by atoms with van der Waals surface area (Å²) in [5, 5.41) is 3.67. The number of anilines is 2. The number of aryl methyl sites for hydroxylation is 1. The second-order valence-corrected chi connectivity index (χ2v) is 11.0. The number of nitrogens with zero attached hydrogens (tertiary/aromatic N) is 3. The molecule has 0 bridgehead atoms. The summed E-state index contributed by atoms with van der Waals surface area (Å²) in [5.41, 5.74) is 4.81. The van der Waals surface area contributed by atoms with E-state index in [0.29, 0.717) is 0 Å². The second kappa shape index (κ2) is 9.84. The van der Waals surface area contributed by atoms with Gasteiger partial charge < -0.3 is 19.9 Å². The Balaban J connectivity index is 1.06. The molecule has 0 saturated carbocycles. The van der Waals surface area contributed by atoms with Gasteiger partial charge in [0, 0.05) is 48.9 Å². The van der Waals surface area contributed by atoms with E-state index in [1.165, 1.54) is 43.6 Å². The first-order chi connectivity index (χ1) is 17.2. The molecule has 3 aliphatic heterocycles. The third kappa shape index (κ3) is 4.67. The summed E-state index contributed by atoms with van der Waals surface area (Å²) in [4.78, 5) is 25.4. The van der Waals surface area contributed by atoms with Crippen molar-refractivity contribution in [1.29, 1.82) is 0 Å². The standard InChI is InChI=1S/C28H39N5O2/c34-26-22-7-2-3-8-24(22)30-27(31-26)33-16-11-28(12-17-33)20-29-25-19-21(9-10-23(25)28)35-18-6-15-32-13-4-1-5-14-32/h9-10,19,29H,1-8,11-18,20H2,(H,30,31,34). The summed E-state index contributed by atoms with van der Waals surface area (Å²) in [6.45, 7) is 7.23. The quantitative estimate of drug-likeness (QED) is 0.616. The van der Waals surface area contributed by atoms with Gasteiger partial charge in [0.25, 0.3) is 5.56 Å². The molecule has 4 heterocycles. The first-order valence-electron chi connectivity index (χ1n) is 13.8. The van der Waals surface area contributed by atoms with Crippen LogP contribution in [0.2, 0.25) is 0 Å². The van der Waals surface area contributed by atoms with E-state index in [9.17, 15) is 4.79 Å². The van der Waals surface area contributed by atoms with Crippen LogP contribution in [0, 0.1) is 0 Å². The van der Waals surface area contributed by atoms with Gasteiger partial charge in [-0.2, -0.15) is 0 Å². The highest BCUT2D eigenvalue weighted by molar-refractivity contribution is 5.63. The minimum absolute atomic E-state index is 0.0707. The van der Waals surface area contributed by atoms with Crippen molar-refractivity contribution < 1.29 is 4.74 Å². The number of H-pyrrole nitrogens is 1. The monoisotopic (exact) mass is 477 g/mol. The normalized spacial score (nSPS) is 21.4. The number of fused-ring (bicyclic) bond motifs is 3. The fraction of sp³-hybridized carbons (Fsp3) is 0.643. The SMILES string of the molecule is O=c1[nH]c(N2CCC3(CC2)CNc2cc(OCCCN4CCCCC4)ccc23)nc2c1CCCC2. The van der Waals surface area contributed by atoms with Gasteiger partial charge in [0.1, 0.15) is 5.75 Å². The highest BCUT2D eigenvalue weighted by Crippen LogP contribution is 2.45. The summed E-state index contributed by atoms with van der Waals surface area (Å²) in [6.07, 6.45) is 11.3. The van der Waals surface area contributed by atoms with Crippen molar-refractivity contribution in [1.82, 2.24) is 14.9 Å². The lowest BCUT2D eigenvalue weighted by atomic mass is 9.74. The molecule has 2 aromatic rings. The number of nitrogens with one attached hydrogen (secondary N) is 2. The third-order valence-electron chi connectivity index (χ3n) is 8.71. The van der Waals surface area contributed by atoms with Crippen LogP contribution in [0.25, 0.3) is 0 Å². The lowest BCUT2D eigenvalue weighted by molar-refractivity contribution is 0.205. The average molecular weight is 478 g/mol. The molecule has 0 atom stereocenters. The van der Waals surface area contributed by atoms with Gasteiger partial charge >= 0.3 is 0 Å². The van der Waals surface area contributed by atoms with E-state index in [4.69, 9.17) is 9.72 Å². The zero-order chi connectivity index (χ0) is 23.7. The van der Waals surface area contributed by atoms with E-state index in [-0.39, 0.29) is 11.0 Å². The molecular formula is C28H39N5O2. The largest absolute Gasteiger partial charge is 0.493 e. The number of hydrogen-bond acceptors (Lipinski definition) is 6. The molecule has 0 unspecified atom stereocenters. The second-order valence-electron chi connectivity index (χ2n) is 11.0. The summed E-state index contributed by atoms with van der Waals surface area (Å²) < 4.78 is 6.11. The van der Waals surface area contributed by atoms with Crippen molar-refractivity contribution in [2.24, 2.45) is 0 Å². The summed E-state index contributed by atoms with van der Waals surface area (Å²) in [7, 11) is 0. The number of ether oxygens (including phenoxy) is 1. The molecule has 1 aliphatic carbocycles. The van der Waals surface area contributed by atoms with Crippen LogP contribution in [0.1, 0.15) is 68.2 Å². The van der Waals surface area contributed by atoms with Crippen LogP contribution in [0.15, 0.2) is 23.0 Å². The summed E-state index contributed by atoms with van der Waals surface area (Å²) in [6, 6.07) is 6.63. The van der Waals surface area contributed by atoms with Gasteiger partial charge in [-0.25, -0.2) is 4.98 Å². The van der Waals surface area contributed by atoms with Crippen molar-refractivity contribution in [3.63, 3.8) is 0 Å². The fourth-order valence-corrected chi connectivity index (χ4v) is 6.58. The predicted octanol–water partition coefficient (Wildman–Crippen LogP) is 3.87. The topological polar surface area (TPSA) is 73.5 Å². The Morgan fingerprint density at radius 1 is 1.00 bits per heavy atom. The van der Waals surface area contributed by atoms with E-state index in [1.54, 1.807) is 0 Å². The van der Waals surface area contributed by atoms with Crippen LogP contribution in [-0.4, -0.2) is 60.7 Å². The molecule has 1 aromatic carbocycles. The molecule has 0 amide bonds. The van der Waals surface area contributed by atoms with Crippen molar-refractivity contribution in [3.05, 3.63) is 45.4 Å². The van der Waals surface area contributed by atoms with Gasteiger partial charge in [0.2, 0.25) is 5.95 Å². The number of aromatic nitrogens is 2. The minimum Gasteiger partial charge on any atom is -0.493 e. The molecule has 7 nitrogen and oxygen atoms in total. The molecule has 1 aromatic heterocycles. The predicted molar refractivity (Wildman–Crippen MR) is 140 cm³/mol. The molecular weight excluding hydrogens is 438 g/mol. The summed E-state index contributed by atoms with van der Waals surface area (Å²) in [5.74, 6) is 1.74. The Morgan fingerprint density at radius 3 is 2.69 bits per heavy atom. The lowest BCUT2D eigenvalue weighted by Gasteiger charge is -2.39. The number of benzene rings is 1. The average Bonchev–Trinajstić information content (AvgIpc) is 3.25. The van der Waals surface area contributed by atoms with Crippen LogP contribution < -0.4 is 20.5 Å². The summed E-state index contributed by atoms with van der Waals surface area (Å²) >= 11 is 0. The first-order valence-corrected chi connectivity index (χ1v) is 13.8. The van der Waals surface area contributed by atoms with E-state index in [0.717, 1.165) is 101 Å². The van der Waals surface area contributed by atoms with Crippen molar-refractivity contribution in [2.45, 2.75) is 69.6 Å². The van der Waals surface area contributed by atoms with Gasteiger partial charge in [-0.3, -0.25) is 9.78 Å². The van der Waals surface area contributed by atoms with E-state index in [2.05, 4.69) is 38.3 Å². The minimum atomic E-state index is 0.0707. The van der Waals surface area contributed by atoms with Crippen LogP contribution in [-0.2, 0) is 18.3 Å². The van der Waals surface area contributed by atoms with Crippen molar-refractivity contribution in [3.8, 4) is 5.75 Å². The van der Waals surface area contributed by atoms with Crippen LogP contribution in [0.4, 0.5) is 11.6 Å².